The maximum atomic E-state index is 13.0. The van der Waals surface area contributed by atoms with Gasteiger partial charge in [0.1, 0.15) is 5.82 Å². The number of allylic oxidation sites excluding steroid dienone is 5. The average molecular weight is 436 g/mol. The van der Waals surface area contributed by atoms with Crippen molar-refractivity contribution in [3.8, 4) is 11.3 Å². The first-order valence-corrected chi connectivity index (χ1v) is 10.8. The monoisotopic (exact) mass is 435 g/mol. The summed E-state index contributed by atoms with van der Waals surface area (Å²) in [6.07, 6.45) is 7.15. The number of benzene rings is 1. The first-order chi connectivity index (χ1) is 14.2. The second kappa shape index (κ2) is 11.1. The van der Waals surface area contributed by atoms with E-state index in [1.54, 1.807) is 24.2 Å². The third kappa shape index (κ3) is 7.13. The van der Waals surface area contributed by atoms with Crippen LogP contribution in [0, 0.1) is 0 Å². The van der Waals surface area contributed by atoms with E-state index in [4.69, 9.17) is 0 Å². The molecule has 2 rings (SSSR count). The van der Waals surface area contributed by atoms with Gasteiger partial charge in [-0.05, 0) is 43.5 Å². The van der Waals surface area contributed by atoms with E-state index in [-0.39, 0.29) is 0 Å². The molecule has 2 N–H and O–H groups in total. The van der Waals surface area contributed by atoms with Crippen LogP contribution in [-0.4, -0.2) is 15.2 Å². The summed E-state index contributed by atoms with van der Waals surface area (Å²) in [4.78, 5) is 7.60. The maximum absolute atomic E-state index is 13.0. The fraction of sp³-hybridized carbons (Fsp3) is 0.348. The molecule has 30 heavy (non-hydrogen) atoms. The summed E-state index contributed by atoms with van der Waals surface area (Å²) in [6, 6.07) is 5.24. The Morgan fingerprint density at radius 1 is 1.30 bits per heavy atom. The van der Waals surface area contributed by atoms with Crippen LogP contribution in [0.15, 0.2) is 60.5 Å². The number of halogens is 3. The van der Waals surface area contributed by atoms with Gasteiger partial charge in [-0.15, -0.1) is 0 Å². The lowest BCUT2D eigenvalue weighted by molar-refractivity contribution is -0.137. The summed E-state index contributed by atoms with van der Waals surface area (Å²) in [6.45, 7) is 8.25. The number of nitrogens with one attached hydrogen (secondary N) is 2. The van der Waals surface area contributed by atoms with E-state index in [0.717, 1.165) is 36.2 Å². The van der Waals surface area contributed by atoms with Crippen LogP contribution >= 0.6 is 11.9 Å². The minimum atomic E-state index is -4.38. The predicted molar refractivity (Wildman–Crippen MR) is 121 cm³/mol. The first kappa shape index (κ1) is 23.9. The summed E-state index contributed by atoms with van der Waals surface area (Å²) >= 11 is 1.61. The van der Waals surface area contributed by atoms with Crippen LogP contribution in [0.2, 0.25) is 0 Å². The van der Waals surface area contributed by atoms with Crippen molar-refractivity contribution in [1.82, 2.24) is 14.7 Å². The first-order valence-electron chi connectivity index (χ1n) is 9.93. The highest BCUT2D eigenvalue weighted by Crippen LogP contribution is 2.32. The number of rotatable bonds is 9. The number of H-pyrrole nitrogens is 1. The predicted octanol–water partition coefficient (Wildman–Crippen LogP) is 7.39. The van der Waals surface area contributed by atoms with Crippen LogP contribution in [-0.2, 0) is 6.18 Å². The van der Waals surface area contributed by atoms with Gasteiger partial charge >= 0.3 is 6.18 Å². The molecule has 7 heteroatoms. The van der Waals surface area contributed by atoms with E-state index in [1.165, 1.54) is 6.07 Å². The Hall–Kier alpha value is -2.41. The molecular formula is C23H28F3N3S. The number of imidazole rings is 1. The maximum Gasteiger partial charge on any atom is 0.416 e. The molecule has 0 saturated heterocycles. The molecule has 0 unspecified atom stereocenters. The number of hydrogen-bond donors (Lipinski definition) is 2. The van der Waals surface area contributed by atoms with Gasteiger partial charge in [0.05, 0.1) is 17.5 Å². The smallest absolute Gasteiger partial charge is 0.338 e. The van der Waals surface area contributed by atoms with Crippen molar-refractivity contribution in [3.63, 3.8) is 0 Å². The summed E-state index contributed by atoms with van der Waals surface area (Å²) in [5.41, 5.74) is 2.09. The number of unbranched alkanes of at least 4 members (excludes halogenated alkanes) is 1. The van der Waals surface area contributed by atoms with Crippen molar-refractivity contribution in [2.45, 2.75) is 52.0 Å². The molecule has 1 aromatic heterocycles. The lowest BCUT2D eigenvalue weighted by atomic mass is 10.1. The van der Waals surface area contributed by atoms with Crippen LogP contribution < -0.4 is 4.72 Å². The van der Waals surface area contributed by atoms with Crippen molar-refractivity contribution < 1.29 is 13.2 Å². The normalized spacial score (nSPS) is 13.5. The quantitative estimate of drug-likeness (QED) is 0.319. The Morgan fingerprint density at radius 2 is 2.07 bits per heavy atom. The molecule has 0 saturated carbocycles. The third-order valence-corrected chi connectivity index (χ3v) is 4.96. The lowest BCUT2D eigenvalue weighted by Crippen LogP contribution is -2.06. The van der Waals surface area contributed by atoms with Gasteiger partial charge in [-0.1, -0.05) is 57.6 Å². The highest BCUT2D eigenvalue weighted by molar-refractivity contribution is 7.98. The van der Waals surface area contributed by atoms with Gasteiger partial charge in [0.15, 0.2) is 0 Å². The number of nitrogens with zero attached hydrogens (tertiary/aromatic N) is 1. The Balaban J connectivity index is 2.37. The average Bonchev–Trinajstić information content (AvgIpc) is 3.19. The van der Waals surface area contributed by atoms with Crippen LogP contribution in [0.3, 0.4) is 0 Å². The molecule has 0 amide bonds. The third-order valence-electron chi connectivity index (χ3n) is 4.14. The molecule has 162 valence electrons. The van der Waals surface area contributed by atoms with Gasteiger partial charge in [-0.2, -0.15) is 13.2 Å². The second-order valence-corrected chi connectivity index (χ2v) is 8.41. The zero-order chi connectivity index (χ0) is 22.1. The fourth-order valence-electron chi connectivity index (χ4n) is 2.58. The molecule has 2 aromatic rings. The minimum absolute atomic E-state index is 0.420. The molecular weight excluding hydrogens is 407 g/mol. The van der Waals surface area contributed by atoms with Gasteiger partial charge in [-0.3, -0.25) is 0 Å². The lowest BCUT2D eigenvalue weighted by Gasteiger charge is -2.10. The van der Waals surface area contributed by atoms with Gasteiger partial charge < -0.3 is 9.71 Å². The van der Waals surface area contributed by atoms with E-state index in [1.807, 2.05) is 25.2 Å². The largest absolute Gasteiger partial charge is 0.416 e. The number of hydrogen-bond acceptors (Lipinski definition) is 3. The van der Waals surface area contributed by atoms with E-state index >= 15 is 0 Å². The van der Waals surface area contributed by atoms with Crippen LogP contribution in [0.25, 0.3) is 16.8 Å². The number of aromatic nitrogens is 2. The van der Waals surface area contributed by atoms with Crippen LogP contribution in [0.1, 0.15) is 51.9 Å². The van der Waals surface area contributed by atoms with E-state index < -0.39 is 11.7 Å². The molecule has 0 aliphatic carbocycles. The van der Waals surface area contributed by atoms with Crippen LogP contribution in [0.4, 0.5) is 13.2 Å². The zero-order valence-corrected chi connectivity index (χ0v) is 18.5. The molecule has 1 aromatic carbocycles. The summed E-state index contributed by atoms with van der Waals surface area (Å²) in [5.74, 6) is 0.602. The Kier molecular flexibility index (Phi) is 8.84. The summed E-state index contributed by atoms with van der Waals surface area (Å²) in [7, 11) is 0. The fourth-order valence-corrected chi connectivity index (χ4v) is 3.12. The Morgan fingerprint density at radius 3 is 2.70 bits per heavy atom. The molecule has 3 nitrogen and oxygen atoms in total. The SMILES string of the molecule is C\C=C(/C=C(\C=C\CCC)c1ncc(-c2cccc(C(F)(F)F)c2)[nH]1)NSC(C)C. The van der Waals surface area contributed by atoms with Crippen molar-refractivity contribution in [2.24, 2.45) is 0 Å². The molecule has 1 heterocycles. The van der Waals surface area contributed by atoms with Crippen molar-refractivity contribution >= 4 is 17.5 Å². The number of aromatic amines is 1. The Bertz CT molecular complexity index is 908. The van der Waals surface area contributed by atoms with Gasteiger partial charge in [0, 0.05) is 22.1 Å². The van der Waals surface area contributed by atoms with Crippen molar-refractivity contribution in [3.05, 3.63) is 71.9 Å². The van der Waals surface area contributed by atoms with Gasteiger partial charge in [-0.25, -0.2) is 4.98 Å². The summed E-state index contributed by atoms with van der Waals surface area (Å²) in [5, 5.41) is 0.420. The highest BCUT2D eigenvalue weighted by atomic mass is 32.2. The highest BCUT2D eigenvalue weighted by Gasteiger charge is 2.30. The standard InChI is InChI=1S/C23H28F3N3S/c1-5-7-8-10-18(14-20(6-2)29-30-16(3)4)22-27-15-21(28-22)17-11-9-12-19(13-17)23(24,25)26/h6,8-16,29H,5,7H2,1-4H3,(H,27,28)/b10-8+,18-14+,20-6+. The van der Waals surface area contributed by atoms with Gasteiger partial charge in [0.25, 0.3) is 0 Å². The van der Waals surface area contributed by atoms with E-state index in [0.29, 0.717) is 22.3 Å². The van der Waals surface area contributed by atoms with Crippen LogP contribution in [0.5, 0.6) is 0 Å². The minimum Gasteiger partial charge on any atom is -0.338 e. The molecule has 0 aliphatic heterocycles. The van der Waals surface area contributed by atoms with E-state index in [9.17, 15) is 13.2 Å². The zero-order valence-electron chi connectivity index (χ0n) is 17.7. The topological polar surface area (TPSA) is 40.7 Å². The Labute approximate surface area is 180 Å². The van der Waals surface area contributed by atoms with Crippen molar-refractivity contribution in [1.29, 1.82) is 0 Å². The summed E-state index contributed by atoms with van der Waals surface area (Å²) < 4.78 is 42.5. The molecule has 0 atom stereocenters. The van der Waals surface area contributed by atoms with Crippen molar-refractivity contribution in [2.75, 3.05) is 0 Å². The van der Waals surface area contributed by atoms with E-state index in [2.05, 4.69) is 41.5 Å². The second-order valence-electron chi connectivity index (χ2n) is 7.03. The molecule has 0 fully saturated rings. The number of alkyl halides is 3. The molecule has 0 spiro atoms. The molecule has 0 radical (unpaired) electrons. The van der Waals surface area contributed by atoms with Gasteiger partial charge in [0.2, 0.25) is 0 Å². The molecule has 0 aliphatic rings. The molecule has 0 bridgehead atoms.